The van der Waals surface area contributed by atoms with Crippen LogP contribution in [0.2, 0.25) is 0 Å². The van der Waals surface area contributed by atoms with Gasteiger partial charge in [0.15, 0.2) is 6.10 Å². The van der Waals surface area contributed by atoms with E-state index in [2.05, 4.69) is 18.7 Å². The first-order chi connectivity index (χ1) is 7.30. The van der Waals surface area contributed by atoms with Crippen molar-refractivity contribution in [3.63, 3.8) is 0 Å². The summed E-state index contributed by atoms with van der Waals surface area (Å²) in [4.78, 5) is 2.17. The maximum atomic E-state index is 12.3. The summed E-state index contributed by atoms with van der Waals surface area (Å²) in [5, 5.41) is 9.14. The van der Waals surface area contributed by atoms with E-state index in [1.165, 1.54) is 0 Å². The Morgan fingerprint density at radius 3 is 2.12 bits per heavy atom. The van der Waals surface area contributed by atoms with Crippen LogP contribution in [0.3, 0.4) is 0 Å². The third-order valence-corrected chi connectivity index (χ3v) is 3.04. The van der Waals surface area contributed by atoms with Gasteiger partial charge in [0.05, 0.1) is 0 Å². The molecule has 0 aliphatic carbocycles. The maximum Gasteiger partial charge on any atom is 0.414 e. The molecule has 0 aromatic carbocycles. The molecule has 0 saturated carbocycles. The minimum atomic E-state index is -4.47. The second-order valence-corrected chi connectivity index (χ2v) is 5.02. The van der Waals surface area contributed by atoms with Gasteiger partial charge in [0.2, 0.25) is 0 Å². The quantitative estimate of drug-likeness (QED) is 0.816. The molecule has 0 amide bonds. The van der Waals surface area contributed by atoms with Crippen molar-refractivity contribution in [2.75, 3.05) is 19.6 Å². The van der Waals surface area contributed by atoms with E-state index in [0.29, 0.717) is 31.8 Å². The van der Waals surface area contributed by atoms with Gasteiger partial charge >= 0.3 is 6.18 Å². The smallest absolute Gasteiger partial charge is 0.383 e. The molecule has 0 bridgehead atoms. The highest BCUT2D eigenvalue weighted by Crippen LogP contribution is 2.31. The van der Waals surface area contributed by atoms with Crippen LogP contribution in [-0.4, -0.2) is 41.9 Å². The monoisotopic (exact) mass is 239 g/mol. The van der Waals surface area contributed by atoms with Crippen LogP contribution in [0.4, 0.5) is 13.2 Å². The molecule has 1 unspecified atom stereocenters. The van der Waals surface area contributed by atoms with Gasteiger partial charge in [-0.25, -0.2) is 0 Å². The third kappa shape index (κ3) is 3.94. The van der Waals surface area contributed by atoms with Gasteiger partial charge in [0, 0.05) is 6.54 Å². The highest BCUT2D eigenvalue weighted by Gasteiger charge is 2.44. The van der Waals surface area contributed by atoms with Gasteiger partial charge in [-0.1, -0.05) is 13.8 Å². The number of hydrogen-bond donors (Lipinski definition) is 1. The lowest BCUT2D eigenvalue weighted by Gasteiger charge is -2.35. The van der Waals surface area contributed by atoms with Crippen LogP contribution in [0.15, 0.2) is 0 Å². The number of aliphatic hydroxyl groups is 1. The van der Waals surface area contributed by atoms with Crippen LogP contribution in [-0.2, 0) is 0 Å². The van der Waals surface area contributed by atoms with Crippen LogP contribution in [0.1, 0.15) is 26.7 Å². The van der Waals surface area contributed by atoms with Gasteiger partial charge in [-0.2, -0.15) is 13.2 Å². The summed E-state index contributed by atoms with van der Waals surface area (Å²) in [5.74, 6) is -0.0903. The van der Waals surface area contributed by atoms with E-state index in [9.17, 15) is 13.2 Å². The number of aliphatic hydroxyl groups excluding tert-OH is 1. The lowest BCUT2D eigenvalue weighted by Crippen LogP contribution is -2.44. The summed E-state index contributed by atoms with van der Waals surface area (Å²) in [6, 6.07) is 0. The summed E-state index contributed by atoms with van der Waals surface area (Å²) in [6.45, 7) is 6.44. The average Bonchev–Trinajstić information content (AvgIpc) is 2.15. The van der Waals surface area contributed by atoms with Crippen LogP contribution in [0.5, 0.6) is 0 Å². The molecular weight excluding hydrogens is 219 g/mol. The highest BCUT2D eigenvalue weighted by molar-refractivity contribution is 4.81. The second-order valence-electron chi connectivity index (χ2n) is 5.02. The largest absolute Gasteiger partial charge is 0.414 e. The Balaban J connectivity index is 2.37. The van der Waals surface area contributed by atoms with E-state index >= 15 is 0 Å². The van der Waals surface area contributed by atoms with Gasteiger partial charge in [0.1, 0.15) is 0 Å². The lowest BCUT2D eigenvalue weighted by molar-refractivity contribution is -0.223. The van der Waals surface area contributed by atoms with E-state index in [1.807, 2.05) is 0 Å². The molecule has 1 rings (SSSR count). The molecule has 2 nitrogen and oxygen atoms in total. The Hall–Kier alpha value is -0.290. The topological polar surface area (TPSA) is 23.5 Å². The standard InChI is InChI=1S/C11H20F3NO/c1-8(2)7-15-5-3-9(4-6-15)10(16)11(12,13)14/h8-10,16H,3-7H2,1-2H3. The number of hydrogen-bond acceptors (Lipinski definition) is 2. The second kappa shape index (κ2) is 5.36. The van der Waals surface area contributed by atoms with Crippen LogP contribution in [0, 0.1) is 11.8 Å². The minimum absolute atomic E-state index is 0.438. The third-order valence-electron chi connectivity index (χ3n) is 3.04. The molecule has 1 N–H and O–H groups in total. The van der Waals surface area contributed by atoms with Crippen LogP contribution >= 0.6 is 0 Å². The Morgan fingerprint density at radius 2 is 1.75 bits per heavy atom. The zero-order valence-corrected chi connectivity index (χ0v) is 9.80. The molecule has 5 heteroatoms. The number of alkyl halides is 3. The van der Waals surface area contributed by atoms with Crippen molar-refractivity contribution in [2.24, 2.45) is 11.8 Å². The summed E-state index contributed by atoms with van der Waals surface area (Å²) in [5.41, 5.74) is 0. The van der Waals surface area contributed by atoms with Crippen molar-refractivity contribution in [1.29, 1.82) is 0 Å². The summed E-state index contributed by atoms with van der Waals surface area (Å²) in [7, 11) is 0. The van der Waals surface area contributed by atoms with Crippen molar-refractivity contribution in [3.8, 4) is 0 Å². The van der Waals surface area contributed by atoms with Gasteiger partial charge in [-0.05, 0) is 37.8 Å². The van der Waals surface area contributed by atoms with Crippen molar-refractivity contribution in [2.45, 2.75) is 39.0 Å². The molecule has 1 saturated heterocycles. The molecule has 0 radical (unpaired) electrons. The Morgan fingerprint density at radius 1 is 1.25 bits per heavy atom. The average molecular weight is 239 g/mol. The van der Waals surface area contributed by atoms with Crippen molar-refractivity contribution in [3.05, 3.63) is 0 Å². The van der Waals surface area contributed by atoms with Crippen LogP contribution < -0.4 is 0 Å². The number of likely N-dealkylation sites (tertiary alicyclic amines) is 1. The molecule has 1 atom stereocenters. The first-order valence-corrected chi connectivity index (χ1v) is 5.78. The molecule has 0 aromatic rings. The van der Waals surface area contributed by atoms with Gasteiger partial charge in [-0.15, -0.1) is 0 Å². The summed E-state index contributed by atoms with van der Waals surface area (Å²) in [6.07, 6.45) is -5.74. The predicted octanol–water partition coefficient (Wildman–Crippen LogP) is 2.28. The van der Waals surface area contributed by atoms with E-state index < -0.39 is 18.2 Å². The van der Waals surface area contributed by atoms with Crippen molar-refractivity contribution in [1.82, 2.24) is 4.90 Å². The fourth-order valence-electron chi connectivity index (χ4n) is 2.23. The fourth-order valence-corrected chi connectivity index (χ4v) is 2.23. The number of nitrogens with zero attached hydrogens (tertiary/aromatic N) is 1. The van der Waals surface area contributed by atoms with Gasteiger partial charge in [0.25, 0.3) is 0 Å². The van der Waals surface area contributed by atoms with Gasteiger partial charge < -0.3 is 10.0 Å². The number of piperidine rings is 1. The number of rotatable bonds is 3. The maximum absolute atomic E-state index is 12.3. The zero-order chi connectivity index (χ0) is 12.3. The summed E-state index contributed by atoms with van der Waals surface area (Å²) < 4.78 is 36.8. The zero-order valence-electron chi connectivity index (χ0n) is 9.80. The Bertz CT molecular complexity index is 210. The van der Waals surface area contributed by atoms with Gasteiger partial charge in [-0.3, -0.25) is 0 Å². The molecule has 0 spiro atoms. The lowest BCUT2D eigenvalue weighted by atomic mass is 9.90. The number of halogens is 3. The van der Waals surface area contributed by atoms with E-state index in [4.69, 9.17) is 5.11 Å². The highest BCUT2D eigenvalue weighted by atomic mass is 19.4. The molecular formula is C11H20F3NO. The molecule has 16 heavy (non-hydrogen) atoms. The molecule has 96 valence electrons. The van der Waals surface area contributed by atoms with E-state index in [0.717, 1.165) is 6.54 Å². The van der Waals surface area contributed by atoms with Crippen molar-refractivity contribution < 1.29 is 18.3 Å². The Kier molecular flexibility index (Phi) is 4.62. The first-order valence-electron chi connectivity index (χ1n) is 5.78. The van der Waals surface area contributed by atoms with E-state index in [1.54, 1.807) is 0 Å². The van der Waals surface area contributed by atoms with Crippen LogP contribution in [0.25, 0.3) is 0 Å². The molecule has 1 aliphatic rings. The minimum Gasteiger partial charge on any atom is -0.383 e. The molecule has 1 aliphatic heterocycles. The summed E-state index contributed by atoms with van der Waals surface area (Å²) >= 11 is 0. The molecule has 1 heterocycles. The SMILES string of the molecule is CC(C)CN1CCC(C(O)C(F)(F)F)CC1. The molecule has 0 aromatic heterocycles. The Labute approximate surface area is 94.4 Å². The van der Waals surface area contributed by atoms with E-state index in [-0.39, 0.29) is 0 Å². The normalized spacial score (nSPS) is 22.7. The predicted molar refractivity (Wildman–Crippen MR) is 56.1 cm³/mol. The first kappa shape index (κ1) is 13.8. The molecule has 1 fully saturated rings. The van der Waals surface area contributed by atoms with Crippen molar-refractivity contribution >= 4 is 0 Å². The fraction of sp³-hybridized carbons (Fsp3) is 1.00.